The van der Waals surface area contributed by atoms with E-state index in [1.165, 1.54) is 17.7 Å². The molecule has 0 atom stereocenters. The van der Waals surface area contributed by atoms with Crippen LogP contribution in [0.15, 0.2) is 42.7 Å². The van der Waals surface area contributed by atoms with Gasteiger partial charge in [0.1, 0.15) is 12.1 Å². The number of methoxy groups -OCH3 is 1. The Hall–Kier alpha value is -3.21. The van der Waals surface area contributed by atoms with Gasteiger partial charge in [-0.05, 0) is 36.4 Å². The molecule has 0 aliphatic rings. The maximum absolute atomic E-state index is 11.8. The molecular formula is C18H12Cl2N6O3S. The molecule has 0 aliphatic heterocycles. The van der Waals surface area contributed by atoms with Crippen molar-refractivity contribution in [3.8, 4) is 5.75 Å². The van der Waals surface area contributed by atoms with Gasteiger partial charge in [0, 0.05) is 5.69 Å². The van der Waals surface area contributed by atoms with Crippen molar-refractivity contribution in [1.82, 2.24) is 15.0 Å². The van der Waals surface area contributed by atoms with Gasteiger partial charge in [0.05, 0.1) is 32.3 Å². The quantitative estimate of drug-likeness (QED) is 0.272. The molecule has 30 heavy (non-hydrogen) atoms. The number of rotatable bonds is 6. The molecule has 0 saturated carbocycles. The fraction of sp³-hybridized carbons (Fsp3) is 0.0556. The summed E-state index contributed by atoms with van der Waals surface area (Å²) in [7, 11) is 1.58. The van der Waals surface area contributed by atoms with Crippen LogP contribution in [0.5, 0.6) is 5.75 Å². The normalized spacial score (nSPS) is 10.8. The van der Waals surface area contributed by atoms with Crippen molar-refractivity contribution in [2.24, 2.45) is 0 Å². The predicted molar refractivity (Wildman–Crippen MR) is 118 cm³/mol. The van der Waals surface area contributed by atoms with Gasteiger partial charge in [-0.1, -0.05) is 34.5 Å². The van der Waals surface area contributed by atoms with Crippen LogP contribution in [-0.2, 0) is 0 Å². The minimum atomic E-state index is -0.571. The smallest absolute Gasteiger partial charge is 0.353 e. The van der Waals surface area contributed by atoms with Crippen LogP contribution >= 0.6 is 34.5 Å². The Bertz CT molecular complexity index is 1270. The second-order valence-corrected chi connectivity index (χ2v) is 7.75. The number of hydrogen-bond donors (Lipinski definition) is 2. The van der Waals surface area contributed by atoms with Crippen molar-refractivity contribution >= 4 is 72.9 Å². The Kier molecular flexibility index (Phi) is 5.53. The number of nitrogens with one attached hydrogen (secondary N) is 2. The number of aromatic nitrogens is 3. The number of halogens is 2. The Labute approximate surface area is 183 Å². The Balaban J connectivity index is 1.69. The number of nitrogens with zero attached hydrogens (tertiary/aromatic N) is 4. The first-order valence-corrected chi connectivity index (χ1v) is 9.95. The third-order valence-corrected chi connectivity index (χ3v) is 5.68. The average molecular weight is 463 g/mol. The first-order chi connectivity index (χ1) is 14.4. The van der Waals surface area contributed by atoms with Crippen molar-refractivity contribution in [2.45, 2.75) is 0 Å². The molecule has 4 rings (SSSR count). The summed E-state index contributed by atoms with van der Waals surface area (Å²) in [6.07, 6.45) is 1.21. The van der Waals surface area contributed by atoms with E-state index in [2.05, 4.69) is 25.6 Å². The zero-order valence-electron chi connectivity index (χ0n) is 15.2. The first kappa shape index (κ1) is 20.1. The molecule has 0 saturated heterocycles. The van der Waals surface area contributed by atoms with Crippen LogP contribution in [0.3, 0.4) is 0 Å². The molecule has 12 heteroatoms. The molecule has 2 aromatic carbocycles. The predicted octanol–water partition coefficient (Wildman–Crippen LogP) is 5.80. The molecule has 0 unspecified atom stereocenters. The van der Waals surface area contributed by atoms with E-state index in [1.54, 1.807) is 31.4 Å². The van der Waals surface area contributed by atoms with E-state index in [-0.39, 0.29) is 17.3 Å². The topological polar surface area (TPSA) is 115 Å². The number of hydrogen-bond acceptors (Lipinski definition) is 9. The Morgan fingerprint density at radius 3 is 2.53 bits per heavy atom. The highest BCUT2D eigenvalue weighted by Gasteiger charge is 2.24. The van der Waals surface area contributed by atoms with E-state index < -0.39 is 4.92 Å². The van der Waals surface area contributed by atoms with E-state index in [1.807, 2.05) is 12.1 Å². The maximum Gasteiger partial charge on any atom is 0.353 e. The highest BCUT2D eigenvalue weighted by molar-refractivity contribution is 7.22. The minimum Gasteiger partial charge on any atom is -0.497 e. The molecule has 0 aliphatic carbocycles. The third kappa shape index (κ3) is 4.06. The van der Waals surface area contributed by atoms with Crippen molar-refractivity contribution in [3.63, 3.8) is 0 Å². The van der Waals surface area contributed by atoms with Gasteiger partial charge in [0.15, 0.2) is 5.13 Å². The monoisotopic (exact) mass is 462 g/mol. The maximum atomic E-state index is 11.8. The zero-order valence-corrected chi connectivity index (χ0v) is 17.5. The molecule has 152 valence electrons. The lowest BCUT2D eigenvalue weighted by Crippen LogP contribution is -2.05. The lowest BCUT2D eigenvalue weighted by molar-refractivity contribution is -0.383. The van der Waals surface area contributed by atoms with Crippen LogP contribution in [0, 0.1) is 10.1 Å². The van der Waals surface area contributed by atoms with Gasteiger partial charge in [0.2, 0.25) is 11.6 Å². The molecule has 0 radical (unpaired) electrons. The lowest BCUT2D eigenvalue weighted by Gasteiger charge is -2.09. The van der Waals surface area contributed by atoms with Crippen molar-refractivity contribution in [2.75, 3.05) is 17.7 Å². The third-order valence-electron chi connectivity index (χ3n) is 4.01. The Morgan fingerprint density at radius 2 is 1.83 bits per heavy atom. The number of anilines is 4. The highest BCUT2D eigenvalue weighted by Crippen LogP contribution is 2.36. The molecule has 4 aromatic rings. The zero-order chi connectivity index (χ0) is 21.3. The molecule has 2 N–H and O–H groups in total. The largest absolute Gasteiger partial charge is 0.497 e. The molecular weight excluding hydrogens is 451 g/mol. The second-order valence-electron chi connectivity index (χ2n) is 5.91. The van der Waals surface area contributed by atoms with E-state index in [0.29, 0.717) is 26.6 Å². The first-order valence-electron chi connectivity index (χ1n) is 8.37. The van der Waals surface area contributed by atoms with Crippen molar-refractivity contribution in [1.29, 1.82) is 0 Å². The van der Waals surface area contributed by atoms with Crippen LogP contribution in [-0.4, -0.2) is 27.0 Å². The van der Waals surface area contributed by atoms with E-state index >= 15 is 0 Å². The van der Waals surface area contributed by atoms with Gasteiger partial charge in [0.25, 0.3) is 0 Å². The number of benzene rings is 2. The van der Waals surface area contributed by atoms with Crippen LogP contribution in [0.1, 0.15) is 0 Å². The van der Waals surface area contributed by atoms with Crippen LogP contribution in [0.25, 0.3) is 10.2 Å². The summed E-state index contributed by atoms with van der Waals surface area (Å²) in [4.78, 5) is 23.7. The molecule has 9 nitrogen and oxygen atoms in total. The number of nitro groups is 1. The van der Waals surface area contributed by atoms with Crippen molar-refractivity contribution in [3.05, 3.63) is 62.9 Å². The standard InChI is InChI=1S/C18H12Cl2N6O3S/c1-29-10-3-5-13-14(7-10)30-18(24-13)25-17-15(26(27)28)16(21-8-22-17)23-9-2-4-11(19)12(20)6-9/h2-8H,1H3,(H2,21,22,23,24,25). The summed E-state index contributed by atoms with van der Waals surface area (Å²) < 4.78 is 6.07. The van der Waals surface area contributed by atoms with Gasteiger partial charge in [-0.25, -0.2) is 15.0 Å². The molecule has 0 spiro atoms. The van der Waals surface area contributed by atoms with Gasteiger partial charge < -0.3 is 15.4 Å². The average Bonchev–Trinajstić information content (AvgIpc) is 3.12. The van der Waals surface area contributed by atoms with E-state index in [0.717, 1.165) is 10.2 Å². The summed E-state index contributed by atoms with van der Waals surface area (Å²) >= 11 is 13.2. The van der Waals surface area contributed by atoms with Crippen LogP contribution in [0.4, 0.5) is 28.1 Å². The summed E-state index contributed by atoms with van der Waals surface area (Å²) in [6, 6.07) is 10.2. The minimum absolute atomic E-state index is 0.00123. The molecule has 2 aromatic heterocycles. The molecule has 0 bridgehead atoms. The van der Waals surface area contributed by atoms with Crippen molar-refractivity contribution < 1.29 is 9.66 Å². The van der Waals surface area contributed by atoms with Gasteiger partial charge in [-0.3, -0.25) is 10.1 Å². The summed E-state index contributed by atoms with van der Waals surface area (Å²) in [6.45, 7) is 0. The fourth-order valence-corrected chi connectivity index (χ4v) is 3.82. The number of fused-ring (bicyclic) bond motifs is 1. The summed E-state index contributed by atoms with van der Waals surface area (Å²) in [5.74, 6) is 0.695. The molecule has 2 heterocycles. The van der Waals surface area contributed by atoms with Crippen LogP contribution in [0.2, 0.25) is 10.0 Å². The summed E-state index contributed by atoms with van der Waals surface area (Å²) in [5.41, 5.74) is 0.888. The highest BCUT2D eigenvalue weighted by atomic mass is 35.5. The van der Waals surface area contributed by atoms with Crippen LogP contribution < -0.4 is 15.4 Å². The van der Waals surface area contributed by atoms with E-state index in [9.17, 15) is 10.1 Å². The second kappa shape index (κ2) is 8.27. The lowest BCUT2D eigenvalue weighted by atomic mass is 10.3. The van der Waals surface area contributed by atoms with Gasteiger partial charge in [-0.2, -0.15) is 0 Å². The van der Waals surface area contributed by atoms with Gasteiger partial charge in [-0.15, -0.1) is 0 Å². The summed E-state index contributed by atoms with van der Waals surface area (Å²) in [5, 5.41) is 18.7. The van der Waals surface area contributed by atoms with E-state index in [4.69, 9.17) is 27.9 Å². The fourth-order valence-electron chi connectivity index (χ4n) is 2.63. The number of ether oxygens (including phenoxy) is 1. The SMILES string of the molecule is COc1ccc2nc(Nc3ncnc(Nc4ccc(Cl)c(Cl)c4)c3[N+](=O)[O-])sc2c1. The van der Waals surface area contributed by atoms with Gasteiger partial charge >= 0.3 is 5.69 Å². The molecule has 0 amide bonds. The Morgan fingerprint density at radius 1 is 1.07 bits per heavy atom. The number of thiazole rings is 1. The molecule has 0 fully saturated rings.